The van der Waals surface area contributed by atoms with Gasteiger partial charge in [0, 0.05) is 5.39 Å². The van der Waals surface area contributed by atoms with E-state index in [1.165, 1.54) is 0 Å². The average Bonchev–Trinajstić information content (AvgIpc) is 2.62. The lowest BCUT2D eigenvalue weighted by atomic mass is 10.1. The molecule has 0 bridgehead atoms. The van der Waals surface area contributed by atoms with Gasteiger partial charge in [-0.1, -0.05) is 74.0 Å². The highest BCUT2D eigenvalue weighted by atomic mass is 35.5. The summed E-state index contributed by atoms with van der Waals surface area (Å²) in [6.45, 7) is 4.41. The lowest BCUT2D eigenvalue weighted by Crippen LogP contribution is -2.24. The molecule has 0 aliphatic carbocycles. The predicted molar refractivity (Wildman–Crippen MR) is 94.8 cm³/mol. The van der Waals surface area contributed by atoms with Crippen molar-refractivity contribution in [1.82, 2.24) is 4.57 Å². The van der Waals surface area contributed by atoms with E-state index >= 15 is 0 Å². The number of hydrogen-bond donors (Lipinski definition) is 0. The lowest BCUT2D eigenvalue weighted by Gasteiger charge is -2.12. The highest BCUT2D eigenvalue weighted by Crippen LogP contribution is 2.24. The molecule has 1 heterocycles. The maximum atomic E-state index is 12.5. The monoisotopic (exact) mass is 324 g/mol. The highest BCUT2D eigenvalue weighted by molar-refractivity contribution is 6.36. The van der Waals surface area contributed by atoms with Crippen LogP contribution in [0.25, 0.3) is 10.9 Å². The van der Waals surface area contributed by atoms with Crippen molar-refractivity contribution in [3.05, 3.63) is 81.1 Å². The van der Waals surface area contributed by atoms with Gasteiger partial charge in [0.2, 0.25) is 0 Å². The standard InChI is InChI=1S/C17H11ClN2O.C2H6/c18-16-13-8-4-5-9-15(13)20(17(21)14(16)10-19)11-12-6-2-1-3-7-12;1-2/h1-9H,11H2;1-2H3. The molecule has 0 amide bonds. The van der Waals surface area contributed by atoms with Crippen molar-refractivity contribution >= 4 is 22.5 Å². The fourth-order valence-corrected chi connectivity index (χ4v) is 2.67. The van der Waals surface area contributed by atoms with E-state index in [9.17, 15) is 10.1 Å². The van der Waals surface area contributed by atoms with Crippen LogP contribution in [0.5, 0.6) is 0 Å². The fourth-order valence-electron chi connectivity index (χ4n) is 2.39. The van der Waals surface area contributed by atoms with E-state index in [1.807, 2.05) is 74.5 Å². The van der Waals surface area contributed by atoms with Crippen molar-refractivity contribution < 1.29 is 0 Å². The van der Waals surface area contributed by atoms with Crippen LogP contribution in [-0.2, 0) is 6.54 Å². The summed E-state index contributed by atoms with van der Waals surface area (Å²) in [5.74, 6) is 0. The Labute approximate surface area is 140 Å². The van der Waals surface area contributed by atoms with Crippen molar-refractivity contribution in [2.45, 2.75) is 20.4 Å². The number of aromatic nitrogens is 1. The molecule has 1 aromatic heterocycles. The van der Waals surface area contributed by atoms with Crippen molar-refractivity contribution in [2.75, 3.05) is 0 Å². The Kier molecular flexibility index (Phi) is 5.56. The zero-order valence-electron chi connectivity index (χ0n) is 13.1. The van der Waals surface area contributed by atoms with Crippen molar-refractivity contribution in [2.24, 2.45) is 0 Å². The van der Waals surface area contributed by atoms with Crippen molar-refractivity contribution in [3.63, 3.8) is 0 Å². The maximum Gasteiger partial charge on any atom is 0.270 e. The quantitative estimate of drug-likeness (QED) is 0.691. The van der Waals surface area contributed by atoms with Crippen LogP contribution in [0, 0.1) is 11.3 Å². The van der Waals surface area contributed by atoms with Crippen LogP contribution in [0.15, 0.2) is 59.4 Å². The first-order chi connectivity index (χ1) is 11.2. The van der Waals surface area contributed by atoms with E-state index < -0.39 is 0 Å². The number of halogens is 1. The van der Waals surface area contributed by atoms with Gasteiger partial charge in [-0.3, -0.25) is 4.79 Å². The van der Waals surface area contributed by atoms with Gasteiger partial charge in [0.1, 0.15) is 11.6 Å². The SMILES string of the molecule is CC.N#Cc1c(Cl)c2ccccc2n(Cc2ccccc2)c1=O. The van der Waals surface area contributed by atoms with Crippen LogP contribution in [0.3, 0.4) is 0 Å². The molecular weight excluding hydrogens is 308 g/mol. The van der Waals surface area contributed by atoms with E-state index in [0.29, 0.717) is 11.9 Å². The van der Waals surface area contributed by atoms with Crippen molar-refractivity contribution in [1.29, 1.82) is 5.26 Å². The lowest BCUT2D eigenvalue weighted by molar-refractivity contribution is 0.792. The minimum Gasteiger partial charge on any atom is -0.303 e. The molecule has 0 unspecified atom stereocenters. The fraction of sp³-hybridized carbons (Fsp3) is 0.158. The molecule has 3 nitrogen and oxygen atoms in total. The first-order valence-corrected chi connectivity index (χ1v) is 7.85. The number of para-hydroxylation sites is 1. The molecule has 0 saturated heterocycles. The van der Waals surface area contributed by atoms with Crippen molar-refractivity contribution in [3.8, 4) is 6.07 Å². The summed E-state index contributed by atoms with van der Waals surface area (Å²) in [6, 6.07) is 18.9. The second-order valence-corrected chi connectivity index (χ2v) is 5.07. The second-order valence-electron chi connectivity index (χ2n) is 4.69. The molecule has 0 fully saturated rings. The minimum absolute atomic E-state index is 0.00806. The normalized spacial score (nSPS) is 9.83. The Balaban J connectivity index is 0.000000924. The topological polar surface area (TPSA) is 45.8 Å². The van der Waals surface area contributed by atoms with Crippen LogP contribution in [0.2, 0.25) is 5.02 Å². The molecule has 3 rings (SSSR count). The van der Waals surface area contributed by atoms with Crippen LogP contribution in [-0.4, -0.2) is 4.57 Å². The number of benzene rings is 2. The summed E-state index contributed by atoms with van der Waals surface area (Å²) < 4.78 is 1.59. The van der Waals surface area contributed by atoms with E-state index in [4.69, 9.17) is 11.6 Å². The largest absolute Gasteiger partial charge is 0.303 e. The molecule has 23 heavy (non-hydrogen) atoms. The van der Waals surface area contributed by atoms with Crippen LogP contribution in [0.4, 0.5) is 0 Å². The third kappa shape index (κ3) is 3.28. The Morgan fingerprint density at radius 3 is 2.30 bits per heavy atom. The summed E-state index contributed by atoms with van der Waals surface area (Å²) in [4.78, 5) is 12.5. The Bertz CT molecular complexity index is 908. The zero-order chi connectivity index (χ0) is 16.8. The summed E-state index contributed by atoms with van der Waals surface area (Å²) in [5.41, 5.74) is 1.36. The Morgan fingerprint density at radius 2 is 1.65 bits per heavy atom. The maximum absolute atomic E-state index is 12.5. The summed E-state index contributed by atoms with van der Waals surface area (Å²) >= 11 is 6.19. The van der Waals surface area contributed by atoms with Gasteiger partial charge in [0.15, 0.2) is 0 Å². The van der Waals surface area contributed by atoms with E-state index in [-0.39, 0.29) is 16.1 Å². The number of nitrogens with zero attached hydrogens (tertiary/aromatic N) is 2. The first kappa shape index (κ1) is 16.8. The smallest absolute Gasteiger partial charge is 0.270 e. The third-order valence-electron chi connectivity index (χ3n) is 3.41. The van der Waals surface area contributed by atoms with Gasteiger partial charge in [-0.25, -0.2) is 0 Å². The number of pyridine rings is 1. The highest BCUT2D eigenvalue weighted by Gasteiger charge is 2.14. The third-order valence-corrected chi connectivity index (χ3v) is 3.80. The van der Waals surface area contributed by atoms with Gasteiger partial charge < -0.3 is 4.57 Å². The molecular formula is C19H17ClN2O. The molecule has 0 N–H and O–H groups in total. The Hall–Kier alpha value is -2.57. The molecule has 4 heteroatoms. The molecule has 116 valence electrons. The minimum atomic E-state index is -0.356. The molecule has 0 spiro atoms. The predicted octanol–water partition coefficient (Wildman–Crippen LogP) is 4.60. The van der Waals surface area contributed by atoms with Gasteiger partial charge in [0.25, 0.3) is 5.56 Å². The summed E-state index contributed by atoms with van der Waals surface area (Å²) in [6.07, 6.45) is 0. The first-order valence-electron chi connectivity index (χ1n) is 7.47. The number of fused-ring (bicyclic) bond motifs is 1. The molecule has 2 aromatic carbocycles. The van der Waals surface area contributed by atoms with Gasteiger partial charge in [-0.05, 0) is 11.6 Å². The number of nitriles is 1. The van der Waals surface area contributed by atoms with Gasteiger partial charge >= 0.3 is 0 Å². The molecule has 0 radical (unpaired) electrons. The second kappa shape index (κ2) is 7.62. The number of rotatable bonds is 2. The molecule has 0 saturated carbocycles. The molecule has 0 aliphatic rings. The molecule has 0 atom stereocenters. The summed E-state index contributed by atoms with van der Waals surface area (Å²) in [7, 11) is 0. The molecule has 3 aromatic rings. The zero-order valence-corrected chi connectivity index (χ0v) is 13.8. The van der Waals surface area contributed by atoms with Crippen LogP contribution in [0.1, 0.15) is 25.0 Å². The molecule has 0 aliphatic heterocycles. The van der Waals surface area contributed by atoms with Gasteiger partial charge in [0.05, 0.1) is 17.1 Å². The van der Waals surface area contributed by atoms with Gasteiger partial charge in [-0.15, -0.1) is 0 Å². The van der Waals surface area contributed by atoms with E-state index in [0.717, 1.165) is 11.1 Å². The average molecular weight is 325 g/mol. The van der Waals surface area contributed by atoms with Gasteiger partial charge in [-0.2, -0.15) is 5.26 Å². The number of hydrogen-bond acceptors (Lipinski definition) is 2. The van der Waals surface area contributed by atoms with Crippen LogP contribution >= 0.6 is 11.6 Å². The summed E-state index contributed by atoms with van der Waals surface area (Å²) in [5, 5.41) is 10.1. The van der Waals surface area contributed by atoms with E-state index in [2.05, 4.69) is 0 Å². The van der Waals surface area contributed by atoms with Crippen LogP contribution < -0.4 is 5.56 Å². The Morgan fingerprint density at radius 1 is 1.04 bits per heavy atom. The van der Waals surface area contributed by atoms with E-state index in [1.54, 1.807) is 4.57 Å².